The van der Waals surface area contributed by atoms with Crippen LogP contribution in [0.15, 0.2) is 12.3 Å². The average molecular weight is 194 g/mol. The van der Waals surface area contributed by atoms with Gasteiger partial charge in [-0.1, -0.05) is 0 Å². The molecule has 0 radical (unpaired) electrons. The number of nitrogens with one attached hydrogen (secondary N) is 1. The molecule has 0 spiro atoms. The van der Waals surface area contributed by atoms with Crippen LogP contribution in [0.25, 0.3) is 0 Å². The molecule has 0 aromatic carbocycles. The van der Waals surface area contributed by atoms with E-state index in [4.69, 9.17) is 5.73 Å². The first-order chi connectivity index (χ1) is 6.68. The van der Waals surface area contributed by atoms with Gasteiger partial charge in [-0.15, -0.1) is 0 Å². The Bertz CT molecular complexity index is 313. The van der Waals surface area contributed by atoms with Gasteiger partial charge in [-0.05, 0) is 13.0 Å². The first kappa shape index (κ1) is 10.6. The van der Waals surface area contributed by atoms with Crippen molar-refractivity contribution in [3.05, 3.63) is 23.8 Å². The van der Waals surface area contributed by atoms with Crippen LogP contribution >= 0.6 is 0 Å². The molecular formula is C9H14N4O. The molecule has 5 heteroatoms. The summed E-state index contributed by atoms with van der Waals surface area (Å²) in [4.78, 5) is 18.7. The van der Waals surface area contributed by atoms with Crippen molar-refractivity contribution in [2.24, 2.45) is 5.73 Å². The number of amides is 1. The van der Waals surface area contributed by atoms with Crippen molar-refractivity contribution in [1.82, 2.24) is 15.3 Å². The highest BCUT2D eigenvalue weighted by molar-refractivity contribution is 5.73. The molecule has 0 fully saturated rings. The van der Waals surface area contributed by atoms with Crippen molar-refractivity contribution in [2.75, 3.05) is 6.54 Å². The predicted octanol–water partition coefficient (Wildman–Crippen LogP) is -0.250. The predicted molar refractivity (Wildman–Crippen MR) is 52.3 cm³/mol. The number of primary amides is 1. The summed E-state index contributed by atoms with van der Waals surface area (Å²) in [6.07, 6.45) is 2.05. The number of nitrogens with zero attached hydrogens (tertiary/aromatic N) is 2. The van der Waals surface area contributed by atoms with Crippen LogP contribution in [0, 0.1) is 6.92 Å². The molecule has 0 unspecified atom stereocenters. The van der Waals surface area contributed by atoms with E-state index in [2.05, 4.69) is 15.3 Å². The van der Waals surface area contributed by atoms with Gasteiger partial charge in [0.15, 0.2) is 0 Å². The smallest absolute Gasteiger partial charge is 0.218 e. The lowest BCUT2D eigenvalue weighted by Gasteiger charge is -2.02. The van der Waals surface area contributed by atoms with E-state index in [9.17, 15) is 4.79 Å². The van der Waals surface area contributed by atoms with E-state index in [0.717, 1.165) is 11.5 Å². The van der Waals surface area contributed by atoms with Gasteiger partial charge < -0.3 is 11.1 Å². The van der Waals surface area contributed by atoms with Crippen LogP contribution in [0.3, 0.4) is 0 Å². The maximum absolute atomic E-state index is 10.4. The highest BCUT2D eigenvalue weighted by Gasteiger charge is 1.97. The molecule has 0 aliphatic rings. The summed E-state index contributed by atoms with van der Waals surface area (Å²) < 4.78 is 0. The van der Waals surface area contributed by atoms with Crippen molar-refractivity contribution >= 4 is 5.91 Å². The van der Waals surface area contributed by atoms with Gasteiger partial charge in [-0.25, -0.2) is 9.97 Å². The largest absolute Gasteiger partial charge is 0.370 e. The minimum absolute atomic E-state index is 0.303. The lowest BCUT2D eigenvalue weighted by Crippen LogP contribution is -2.22. The molecule has 0 atom stereocenters. The number of aryl methyl sites for hydroxylation is 1. The highest BCUT2D eigenvalue weighted by atomic mass is 16.1. The van der Waals surface area contributed by atoms with Gasteiger partial charge in [0.1, 0.15) is 5.82 Å². The number of carbonyl (C=O) groups excluding carboxylic acids is 1. The summed E-state index contributed by atoms with van der Waals surface area (Å²) >= 11 is 0. The third-order valence-corrected chi connectivity index (χ3v) is 1.68. The second kappa shape index (κ2) is 5.29. The van der Waals surface area contributed by atoms with Crippen LogP contribution in [0.1, 0.15) is 17.9 Å². The second-order valence-electron chi connectivity index (χ2n) is 3.01. The summed E-state index contributed by atoms with van der Waals surface area (Å²) in [5.41, 5.74) is 5.92. The van der Waals surface area contributed by atoms with Gasteiger partial charge in [0.2, 0.25) is 5.91 Å². The monoisotopic (exact) mass is 194 g/mol. The Kier molecular flexibility index (Phi) is 4.00. The number of nitrogens with two attached hydrogens (primary N) is 1. The summed E-state index contributed by atoms with van der Waals surface area (Å²) in [5.74, 6) is 0.428. The van der Waals surface area contributed by atoms with Crippen molar-refractivity contribution in [2.45, 2.75) is 19.9 Å². The Labute approximate surface area is 82.7 Å². The van der Waals surface area contributed by atoms with Crippen LogP contribution in [-0.4, -0.2) is 22.4 Å². The molecule has 0 saturated heterocycles. The van der Waals surface area contributed by atoms with Gasteiger partial charge >= 0.3 is 0 Å². The topological polar surface area (TPSA) is 80.9 Å². The van der Waals surface area contributed by atoms with E-state index in [0.29, 0.717) is 19.5 Å². The highest BCUT2D eigenvalue weighted by Crippen LogP contribution is 1.92. The Hall–Kier alpha value is -1.49. The molecule has 1 heterocycles. The maximum atomic E-state index is 10.4. The minimum Gasteiger partial charge on any atom is -0.370 e. The normalized spacial score (nSPS) is 10.1. The van der Waals surface area contributed by atoms with E-state index in [1.165, 1.54) is 0 Å². The first-order valence-corrected chi connectivity index (χ1v) is 4.46. The molecule has 14 heavy (non-hydrogen) atoms. The zero-order valence-corrected chi connectivity index (χ0v) is 8.16. The molecular weight excluding hydrogens is 180 g/mol. The fourth-order valence-electron chi connectivity index (χ4n) is 0.998. The van der Waals surface area contributed by atoms with Crippen LogP contribution in [0.4, 0.5) is 0 Å². The summed E-state index contributed by atoms with van der Waals surface area (Å²) in [5, 5.41) is 3.03. The summed E-state index contributed by atoms with van der Waals surface area (Å²) in [6.45, 7) is 3.04. The molecule has 3 N–H and O–H groups in total. The molecule has 1 aromatic rings. The van der Waals surface area contributed by atoms with Crippen molar-refractivity contribution < 1.29 is 4.79 Å². The van der Waals surface area contributed by atoms with E-state index < -0.39 is 0 Å². The fourth-order valence-corrected chi connectivity index (χ4v) is 0.998. The van der Waals surface area contributed by atoms with Gasteiger partial charge in [-0.2, -0.15) is 0 Å². The number of hydrogen-bond acceptors (Lipinski definition) is 4. The van der Waals surface area contributed by atoms with Gasteiger partial charge in [0.05, 0.1) is 6.54 Å². The van der Waals surface area contributed by atoms with Gasteiger partial charge in [0.25, 0.3) is 0 Å². The molecule has 5 nitrogen and oxygen atoms in total. The Morgan fingerprint density at radius 2 is 2.43 bits per heavy atom. The van der Waals surface area contributed by atoms with Gasteiger partial charge in [0, 0.05) is 24.9 Å². The maximum Gasteiger partial charge on any atom is 0.218 e. The molecule has 1 amide bonds. The molecule has 0 saturated carbocycles. The van der Waals surface area contributed by atoms with Crippen LogP contribution in [0.2, 0.25) is 0 Å². The SMILES string of the molecule is Cc1ccnc(CNCCC(N)=O)n1. The number of hydrogen-bond donors (Lipinski definition) is 2. The van der Waals surface area contributed by atoms with E-state index in [1.54, 1.807) is 6.20 Å². The minimum atomic E-state index is -0.303. The first-order valence-electron chi connectivity index (χ1n) is 4.46. The van der Waals surface area contributed by atoms with Crippen LogP contribution < -0.4 is 11.1 Å². The molecule has 0 aliphatic carbocycles. The third kappa shape index (κ3) is 3.95. The average Bonchev–Trinajstić information content (AvgIpc) is 2.12. The fraction of sp³-hybridized carbons (Fsp3) is 0.444. The van der Waals surface area contributed by atoms with Crippen molar-refractivity contribution in [3.63, 3.8) is 0 Å². The van der Waals surface area contributed by atoms with E-state index >= 15 is 0 Å². The Morgan fingerprint density at radius 1 is 1.64 bits per heavy atom. The third-order valence-electron chi connectivity index (χ3n) is 1.68. The molecule has 0 bridgehead atoms. The lowest BCUT2D eigenvalue weighted by atomic mass is 10.4. The zero-order chi connectivity index (χ0) is 10.4. The standard InChI is InChI=1S/C9H14N4O/c1-7-2-5-12-9(13-7)6-11-4-3-8(10)14/h2,5,11H,3-4,6H2,1H3,(H2,10,14). The molecule has 0 aliphatic heterocycles. The van der Waals surface area contributed by atoms with Crippen LogP contribution in [0.5, 0.6) is 0 Å². The van der Waals surface area contributed by atoms with Crippen molar-refractivity contribution in [1.29, 1.82) is 0 Å². The Morgan fingerprint density at radius 3 is 3.07 bits per heavy atom. The molecule has 1 rings (SSSR count). The van der Waals surface area contributed by atoms with E-state index in [-0.39, 0.29) is 5.91 Å². The quantitative estimate of drug-likeness (QED) is 0.633. The number of rotatable bonds is 5. The number of carbonyl (C=O) groups is 1. The zero-order valence-electron chi connectivity index (χ0n) is 8.16. The van der Waals surface area contributed by atoms with E-state index in [1.807, 2.05) is 13.0 Å². The van der Waals surface area contributed by atoms with Gasteiger partial charge in [-0.3, -0.25) is 4.79 Å². The Balaban J connectivity index is 2.28. The van der Waals surface area contributed by atoms with Crippen molar-refractivity contribution in [3.8, 4) is 0 Å². The lowest BCUT2D eigenvalue weighted by molar-refractivity contribution is -0.117. The number of aromatic nitrogens is 2. The summed E-state index contributed by atoms with van der Waals surface area (Å²) in [7, 11) is 0. The summed E-state index contributed by atoms with van der Waals surface area (Å²) in [6, 6.07) is 1.84. The molecule has 76 valence electrons. The molecule has 1 aromatic heterocycles. The second-order valence-corrected chi connectivity index (χ2v) is 3.01. The van der Waals surface area contributed by atoms with Crippen LogP contribution in [-0.2, 0) is 11.3 Å².